The molecule has 218 valence electrons. The highest BCUT2D eigenvalue weighted by molar-refractivity contribution is 6.35. The standard InChI is InChI=1S/C33H37Cl3N2O3/c1-21-31(37-38(29-9-8-27(35)16-28(29)36)32(21)25-4-6-26(34)7-5-25)30(39)3-2-10-40-11-12-41-20-33-17-22-13-23(18-33)15-24(14-22)19-33/h4-9,16,22-24H,2-3,10-15,17-20H2,1H3. The van der Waals surface area contributed by atoms with Gasteiger partial charge >= 0.3 is 0 Å². The molecule has 8 heteroatoms. The number of aromatic nitrogens is 2. The molecule has 4 bridgehead atoms. The Bertz CT molecular complexity index is 1370. The molecule has 1 aromatic heterocycles. The molecule has 3 aromatic rings. The van der Waals surface area contributed by atoms with Crippen LogP contribution in [0.2, 0.25) is 15.1 Å². The Morgan fingerprint density at radius 2 is 1.54 bits per heavy atom. The molecule has 2 aromatic carbocycles. The summed E-state index contributed by atoms with van der Waals surface area (Å²) >= 11 is 18.8. The number of hydrogen-bond donors (Lipinski definition) is 0. The lowest BCUT2D eigenvalue weighted by Crippen LogP contribution is -2.48. The fourth-order valence-electron chi connectivity index (χ4n) is 7.96. The molecule has 0 N–H and O–H groups in total. The first-order chi connectivity index (χ1) is 19.8. The molecule has 0 aliphatic heterocycles. The number of carbonyl (C=O) groups is 1. The van der Waals surface area contributed by atoms with Gasteiger partial charge < -0.3 is 9.47 Å². The first kappa shape index (κ1) is 29.2. The van der Waals surface area contributed by atoms with E-state index in [1.165, 1.54) is 38.5 Å². The van der Waals surface area contributed by atoms with E-state index in [1.807, 2.05) is 37.3 Å². The van der Waals surface area contributed by atoms with Crippen molar-refractivity contribution in [2.45, 2.75) is 58.3 Å². The predicted molar refractivity (Wildman–Crippen MR) is 165 cm³/mol. The lowest BCUT2D eigenvalue weighted by molar-refractivity contribution is -0.101. The number of rotatable bonds is 12. The number of halogens is 3. The number of ketones is 1. The summed E-state index contributed by atoms with van der Waals surface area (Å²) in [5.41, 5.74) is 3.99. The summed E-state index contributed by atoms with van der Waals surface area (Å²) in [5, 5.41) is 6.35. The van der Waals surface area contributed by atoms with Gasteiger partial charge in [0.15, 0.2) is 5.78 Å². The fourth-order valence-corrected chi connectivity index (χ4v) is 8.58. The van der Waals surface area contributed by atoms with Crippen molar-refractivity contribution in [3.8, 4) is 16.9 Å². The molecule has 4 saturated carbocycles. The van der Waals surface area contributed by atoms with Crippen LogP contribution < -0.4 is 0 Å². The zero-order valence-corrected chi connectivity index (χ0v) is 25.8. The van der Waals surface area contributed by atoms with E-state index in [1.54, 1.807) is 16.8 Å². The second-order valence-electron chi connectivity index (χ2n) is 12.4. The number of benzene rings is 2. The van der Waals surface area contributed by atoms with Gasteiger partial charge in [-0.1, -0.05) is 46.9 Å². The maximum absolute atomic E-state index is 13.3. The van der Waals surface area contributed by atoms with Crippen molar-refractivity contribution in [3.63, 3.8) is 0 Å². The summed E-state index contributed by atoms with van der Waals surface area (Å²) in [7, 11) is 0. The largest absolute Gasteiger partial charge is 0.379 e. The van der Waals surface area contributed by atoms with Crippen molar-refractivity contribution in [3.05, 3.63) is 68.8 Å². The topological polar surface area (TPSA) is 53.4 Å². The van der Waals surface area contributed by atoms with E-state index in [-0.39, 0.29) is 5.78 Å². The molecule has 4 aliphatic carbocycles. The Labute approximate surface area is 257 Å². The second-order valence-corrected chi connectivity index (χ2v) is 13.7. The molecule has 5 nitrogen and oxygen atoms in total. The van der Waals surface area contributed by atoms with Gasteiger partial charge in [0.1, 0.15) is 5.69 Å². The van der Waals surface area contributed by atoms with Gasteiger partial charge in [-0.05, 0) is 105 Å². The molecule has 0 atom stereocenters. The highest BCUT2D eigenvalue weighted by Crippen LogP contribution is 2.60. The highest BCUT2D eigenvalue weighted by atomic mass is 35.5. The SMILES string of the molecule is Cc1c(C(=O)CCCOCCOCC23CC4CC(CC(C4)C2)C3)nn(-c2ccc(Cl)cc2Cl)c1-c1ccc(Cl)cc1. The van der Waals surface area contributed by atoms with E-state index >= 15 is 0 Å². The molecule has 7 rings (SSSR count). The van der Waals surface area contributed by atoms with Gasteiger partial charge in [-0.25, -0.2) is 4.68 Å². The van der Waals surface area contributed by atoms with Gasteiger partial charge in [0.05, 0.1) is 36.2 Å². The summed E-state index contributed by atoms with van der Waals surface area (Å²) in [5.74, 6) is 2.81. The molecule has 4 aliphatic rings. The summed E-state index contributed by atoms with van der Waals surface area (Å²) in [4.78, 5) is 13.3. The van der Waals surface area contributed by atoms with Gasteiger partial charge in [-0.15, -0.1) is 0 Å². The first-order valence-corrected chi connectivity index (χ1v) is 15.9. The Balaban J connectivity index is 1.03. The van der Waals surface area contributed by atoms with Crippen molar-refractivity contribution in [2.75, 3.05) is 26.4 Å². The molecule has 0 saturated heterocycles. The van der Waals surface area contributed by atoms with Crippen molar-refractivity contribution < 1.29 is 14.3 Å². The Morgan fingerprint density at radius 1 is 0.902 bits per heavy atom. The summed E-state index contributed by atoms with van der Waals surface area (Å²) in [6.45, 7) is 4.49. The van der Waals surface area contributed by atoms with Crippen molar-refractivity contribution in [1.82, 2.24) is 9.78 Å². The number of Topliss-reactive ketones (excluding diaryl/α,β-unsaturated/α-hetero) is 1. The van der Waals surface area contributed by atoms with Crippen LogP contribution >= 0.6 is 34.8 Å². The number of carbonyl (C=O) groups excluding carboxylic acids is 1. The third-order valence-electron chi connectivity index (χ3n) is 9.28. The van der Waals surface area contributed by atoms with E-state index < -0.39 is 0 Å². The third kappa shape index (κ3) is 6.40. The van der Waals surface area contributed by atoms with Crippen molar-refractivity contribution in [1.29, 1.82) is 0 Å². The minimum Gasteiger partial charge on any atom is -0.379 e. The zero-order valence-electron chi connectivity index (χ0n) is 23.5. The van der Waals surface area contributed by atoms with Crippen LogP contribution in [0.5, 0.6) is 0 Å². The number of nitrogens with zero attached hydrogens (tertiary/aromatic N) is 2. The Kier molecular flexibility index (Phi) is 8.82. The predicted octanol–water partition coefficient (Wildman–Crippen LogP) is 9.02. The van der Waals surface area contributed by atoms with E-state index in [9.17, 15) is 4.79 Å². The Morgan fingerprint density at radius 3 is 2.20 bits per heavy atom. The van der Waals surface area contributed by atoms with Crippen LogP contribution in [0, 0.1) is 30.1 Å². The van der Waals surface area contributed by atoms with Gasteiger partial charge in [0.2, 0.25) is 0 Å². The molecule has 41 heavy (non-hydrogen) atoms. The van der Waals surface area contributed by atoms with Crippen LogP contribution in [0.15, 0.2) is 42.5 Å². The number of hydrogen-bond acceptors (Lipinski definition) is 4. The lowest BCUT2D eigenvalue weighted by atomic mass is 9.50. The smallest absolute Gasteiger partial charge is 0.183 e. The van der Waals surface area contributed by atoms with Crippen LogP contribution in [0.1, 0.15) is 67.4 Å². The van der Waals surface area contributed by atoms with Crippen molar-refractivity contribution >= 4 is 40.6 Å². The van der Waals surface area contributed by atoms with Crippen LogP contribution in [0.4, 0.5) is 0 Å². The van der Waals surface area contributed by atoms with E-state index in [0.717, 1.165) is 41.2 Å². The fraction of sp³-hybridized carbons (Fsp3) is 0.515. The van der Waals surface area contributed by atoms with Crippen LogP contribution in [0.3, 0.4) is 0 Å². The molecule has 0 amide bonds. The van der Waals surface area contributed by atoms with Crippen molar-refractivity contribution in [2.24, 2.45) is 23.2 Å². The molecule has 0 spiro atoms. The third-order valence-corrected chi connectivity index (χ3v) is 10.1. The molecule has 0 radical (unpaired) electrons. The van der Waals surface area contributed by atoms with Gasteiger partial charge in [0.25, 0.3) is 0 Å². The average molecular weight is 616 g/mol. The van der Waals surface area contributed by atoms with E-state index in [0.29, 0.717) is 64.5 Å². The monoisotopic (exact) mass is 614 g/mol. The average Bonchev–Trinajstić information content (AvgIpc) is 3.26. The van der Waals surface area contributed by atoms with Gasteiger partial charge in [-0.3, -0.25) is 4.79 Å². The zero-order chi connectivity index (χ0) is 28.6. The van der Waals surface area contributed by atoms with Gasteiger partial charge in [-0.2, -0.15) is 5.10 Å². The molecular formula is C33H37Cl3N2O3. The minimum atomic E-state index is -0.0248. The number of ether oxygens (including phenoxy) is 2. The second kappa shape index (κ2) is 12.4. The van der Waals surface area contributed by atoms with E-state index in [2.05, 4.69) is 0 Å². The van der Waals surface area contributed by atoms with Gasteiger partial charge in [0, 0.05) is 34.2 Å². The normalized spacial score (nSPS) is 24.7. The quantitative estimate of drug-likeness (QED) is 0.151. The van der Waals surface area contributed by atoms with Crippen LogP contribution in [-0.4, -0.2) is 42.0 Å². The van der Waals surface area contributed by atoms with Crippen LogP contribution in [0.25, 0.3) is 16.9 Å². The molecule has 1 heterocycles. The highest BCUT2D eigenvalue weighted by Gasteiger charge is 2.50. The molecule has 0 unspecified atom stereocenters. The summed E-state index contributed by atoms with van der Waals surface area (Å²) < 4.78 is 13.7. The summed E-state index contributed by atoms with van der Waals surface area (Å²) in [6.07, 6.45) is 9.43. The van der Waals surface area contributed by atoms with E-state index in [4.69, 9.17) is 49.4 Å². The lowest BCUT2D eigenvalue weighted by Gasteiger charge is -2.56. The molecular weight excluding hydrogens is 579 g/mol. The van der Waals surface area contributed by atoms with Crippen LogP contribution in [-0.2, 0) is 9.47 Å². The molecule has 4 fully saturated rings. The minimum absolute atomic E-state index is 0.0248. The first-order valence-electron chi connectivity index (χ1n) is 14.8. The maximum Gasteiger partial charge on any atom is 0.183 e. The summed E-state index contributed by atoms with van der Waals surface area (Å²) in [6, 6.07) is 12.7. The maximum atomic E-state index is 13.3. The Hall–Kier alpha value is -1.89.